The molecule has 0 aliphatic carbocycles. The number of rotatable bonds is 3. The van der Waals surface area contributed by atoms with Crippen LogP contribution in [0.1, 0.15) is 28.3 Å². The van der Waals surface area contributed by atoms with Gasteiger partial charge in [-0.05, 0) is 48.7 Å². The smallest absolute Gasteiger partial charge is 0.373 e. The van der Waals surface area contributed by atoms with Gasteiger partial charge in [0.05, 0.1) is 13.7 Å². The Kier molecular flexibility index (Phi) is 3.56. The molecule has 0 saturated carbocycles. The lowest BCUT2D eigenvalue weighted by atomic mass is 10.0. The minimum Gasteiger partial charge on any atom is -0.463 e. The van der Waals surface area contributed by atoms with Crippen molar-refractivity contribution in [1.82, 2.24) is 0 Å². The van der Waals surface area contributed by atoms with Gasteiger partial charge in [0.1, 0.15) is 5.76 Å². The Morgan fingerprint density at radius 1 is 1.38 bits per heavy atom. The number of nitrogens with zero attached hydrogens (tertiary/aromatic N) is 1. The van der Waals surface area contributed by atoms with Gasteiger partial charge in [0.2, 0.25) is 5.76 Å². The highest BCUT2D eigenvalue weighted by molar-refractivity contribution is 5.86. The van der Waals surface area contributed by atoms with Crippen molar-refractivity contribution in [3.63, 3.8) is 0 Å². The van der Waals surface area contributed by atoms with Gasteiger partial charge in [0.15, 0.2) is 0 Å². The number of carbonyl (C=O) groups excluding carboxylic acids is 1. The number of carbonyl (C=O) groups is 1. The van der Waals surface area contributed by atoms with Gasteiger partial charge in [-0.15, -0.1) is 0 Å². The Balaban J connectivity index is 1.80. The van der Waals surface area contributed by atoms with Gasteiger partial charge < -0.3 is 19.8 Å². The van der Waals surface area contributed by atoms with Crippen LogP contribution in [0.4, 0.5) is 11.4 Å². The first-order chi connectivity index (χ1) is 10.2. The third-order valence-corrected chi connectivity index (χ3v) is 3.71. The van der Waals surface area contributed by atoms with Crippen molar-refractivity contribution in [2.75, 3.05) is 24.3 Å². The average molecular weight is 286 g/mol. The Hall–Kier alpha value is -2.43. The summed E-state index contributed by atoms with van der Waals surface area (Å²) in [4.78, 5) is 13.7. The summed E-state index contributed by atoms with van der Waals surface area (Å²) < 4.78 is 10.2. The van der Waals surface area contributed by atoms with Gasteiger partial charge in [-0.25, -0.2) is 4.79 Å². The highest BCUT2D eigenvalue weighted by atomic mass is 16.5. The van der Waals surface area contributed by atoms with Crippen molar-refractivity contribution >= 4 is 17.3 Å². The molecule has 3 rings (SSSR count). The van der Waals surface area contributed by atoms with E-state index < -0.39 is 5.97 Å². The molecule has 2 heterocycles. The average Bonchev–Trinajstić information content (AvgIpc) is 2.95. The number of ether oxygens (including phenoxy) is 1. The number of benzene rings is 1. The molecule has 0 fully saturated rings. The summed E-state index contributed by atoms with van der Waals surface area (Å²) in [5, 5.41) is 0. The predicted octanol–water partition coefficient (Wildman–Crippen LogP) is 2.60. The number of nitrogen functional groups attached to an aromatic ring is 1. The monoisotopic (exact) mass is 286 g/mol. The van der Waals surface area contributed by atoms with E-state index in [9.17, 15) is 4.79 Å². The lowest BCUT2D eigenvalue weighted by molar-refractivity contribution is 0.0563. The Labute approximate surface area is 123 Å². The van der Waals surface area contributed by atoms with Gasteiger partial charge in [-0.3, -0.25) is 0 Å². The second-order valence-corrected chi connectivity index (χ2v) is 5.17. The quantitative estimate of drug-likeness (QED) is 0.694. The molecule has 2 N–H and O–H groups in total. The molecule has 110 valence electrons. The number of furan rings is 1. The molecule has 0 saturated heterocycles. The Morgan fingerprint density at radius 2 is 2.24 bits per heavy atom. The molecule has 1 aromatic carbocycles. The number of aryl methyl sites for hydroxylation is 1. The standard InChI is InChI=1S/C16H18N2O3/c1-20-16(19)15-7-5-13(21-15)10-18-8-2-3-11-9-12(17)4-6-14(11)18/h4-7,9H,2-3,8,10,17H2,1H3. The molecule has 1 aliphatic heterocycles. The van der Waals surface area contributed by atoms with Crippen molar-refractivity contribution in [3.8, 4) is 0 Å². The van der Waals surface area contributed by atoms with Gasteiger partial charge in [0.25, 0.3) is 0 Å². The minimum absolute atomic E-state index is 0.238. The highest BCUT2D eigenvalue weighted by Crippen LogP contribution is 2.30. The number of anilines is 2. The largest absolute Gasteiger partial charge is 0.463 e. The molecule has 21 heavy (non-hydrogen) atoms. The molecule has 0 spiro atoms. The van der Waals surface area contributed by atoms with E-state index in [1.54, 1.807) is 6.07 Å². The molecular formula is C16H18N2O3. The van der Waals surface area contributed by atoms with Gasteiger partial charge >= 0.3 is 5.97 Å². The molecule has 1 aromatic heterocycles. The fraction of sp³-hybridized carbons (Fsp3) is 0.312. The zero-order valence-electron chi connectivity index (χ0n) is 12.0. The van der Waals surface area contributed by atoms with Crippen LogP contribution in [0, 0.1) is 0 Å². The van der Waals surface area contributed by atoms with Crippen LogP contribution < -0.4 is 10.6 Å². The van der Waals surface area contributed by atoms with E-state index in [0.717, 1.165) is 30.8 Å². The minimum atomic E-state index is -0.451. The summed E-state index contributed by atoms with van der Waals surface area (Å²) in [6.45, 7) is 1.60. The molecule has 1 aliphatic rings. The third kappa shape index (κ3) is 2.72. The molecule has 0 bridgehead atoms. The van der Waals surface area contributed by atoms with E-state index >= 15 is 0 Å². The summed E-state index contributed by atoms with van der Waals surface area (Å²) in [6.07, 6.45) is 2.13. The fourth-order valence-electron chi connectivity index (χ4n) is 2.72. The maximum atomic E-state index is 11.4. The third-order valence-electron chi connectivity index (χ3n) is 3.71. The van der Waals surface area contributed by atoms with Crippen molar-refractivity contribution in [3.05, 3.63) is 47.4 Å². The van der Waals surface area contributed by atoms with E-state index in [1.165, 1.54) is 18.4 Å². The lowest BCUT2D eigenvalue weighted by Crippen LogP contribution is -2.28. The summed E-state index contributed by atoms with van der Waals surface area (Å²) in [6, 6.07) is 9.46. The van der Waals surface area contributed by atoms with Crippen LogP contribution in [0.5, 0.6) is 0 Å². The molecule has 0 unspecified atom stereocenters. The van der Waals surface area contributed by atoms with Crippen LogP contribution in [0.15, 0.2) is 34.7 Å². The van der Waals surface area contributed by atoms with E-state index in [0.29, 0.717) is 6.54 Å². The first-order valence-corrected chi connectivity index (χ1v) is 6.98. The topological polar surface area (TPSA) is 68.7 Å². The summed E-state index contributed by atoms with van der Waals surface area (Å²) in [5.41, 5.74) is 9.09. The molecule has 2 aromatic rings. The summed E-state index contributed by atoms with van der Waals surface area (Å²) in [5.74, 6) is 0.537. The fourth-order valence-corrected chi connectivity index (χ4v) is 2.72. The second-order valence-electron chi connectivity index (χ2n) is 5.17. The molecule has 0 radical (unpaired) electrons. The highest BCUT2D eigenvalue weighted by Gasteiger charge is 2.19. The zero-order chi connectivity index (χ0) is 14.8. The van der Waals surface area contributed by atoms with Gasteiger partial charge in [0, 0.05) is 17.9 Å². The first kappa shape index (κ1) is 13.5. The van der Waals surface area contributed by atoms with Gasteiger partial charge in [-0.2, -0.15) is 0 Å². The van der Waals surface area contributed by atoms with Crippen molar-refractivity contribution in [1.29, 1.82) is 0 Å². The van der Waals surface area contributed by atoms with Crippen molar-refractivity contribution < 1.29 is 13.9 Å². The first-order valence-electron chi connectivity index (χ1n) is 6.98. The zero-order valence-corrected chi connectivity index (χ0v) is 12.0. The molecular weight excluding hydrogens is 268 g/mol. The normalized spacial score (nSPS) is 13.9. The number of esters is 1. The lowest BCUT2D eigenvalue weighted by Gasteiger charge is -2.30. The maximum absolute atomic E-state index is 11.4. The summed E-state index contributed by atoms with van der Waals surface area (Å²) >= 11 is 0. The number of fused-ring (bicyclic) bond motifs is 1. The number of nitrogens with two attached hydrogens (primary N) is 1. The van der Waals surface area contributed by atoms with Crippen molar-refractivity contribution in [2.45, 2.75) is 19.4 Å². The van der Waals surface area contributed by atoms with Crippen LogP contribution in [0.25, 0.3) is 0 Å². The SMILES string of the molecule is COC(=O)c1ccc(CN2CCCc3cc(N)ccc32)o1. The number of hydrogen-bond donors (Lipinski definition) is 1. The summed E-state index contributed by atoms with van der Waals surface area (Å²) in [7, 11) is 1.34. The maximum Gasteiger partial charge on any atom is 0.373 e. The van der Waals surface area contributed by atoms with Crippen LogP contribution in [-0.2, 0) is 17.7 Å². The van der Waals surface area contributed by atoms with Crippen LogP contribution in [0.3, 0.4) is 0 Å². The van der Waals surface area contributed by atoms with Gasteiger partial charge in [-0.1, -0.05) is 0 Å². The van der Waals surface area contributed by atoms with Crippen LogP contribution >= 0.6 is 0 Å². The number of hydrogen-bond acceptors (Lipinski definition) is 5. The molecule has 5 nitrogen and oxygen atoms in total. The number of methoxy groups -OCH3 is 1. The predicted molar refractivity (Wildman–Crippen MR) is 80.3 cm³/mol. The van der Waals surface area contributed by atoms with E-state index in [2.05, 4.69) is 9.64 Å². The molecule has 0 atom stereocenters. The van der Waals surface area contributed by atoms with E-state index in [-0.39, 0.29) is 5.76 Å². The van der Waals surface area contributed by atoms with Crippen LogP contribution in [0.2, 0.25) is 0 Å². The molecule has 0 amide bonds. The Morgan fingerprint density at radius 3 is 3.05 bits per heavy atom. The van der Waals surface area contributed by atoms with Crippen LogP contribution in [-0.4, -0.2) is 19.6 Å². The molecule has 5 heteroatoms. The Bertz CT molecular complexity index is 663. The second kappa shape index (κ2) is 5.52. The van der Waals surface area contributed by atoms with E-state index in [1.807, 2.05) is 24.3 Å². The van der Waals surface area contributed by atoms with Crippen molar-refractivity contribution in [2.24, 2.45) is 0 Å². The van der Waals surface area contributed by atoms with E-state index in [4.69, 9.17) is 10.2 Å².